The van der Waals surface area contributed by atoms with Gasteiger partial charge in [-0.25, -0.2) is 4.98 Å². The quantitative estimate of drug-likeness (QED) is 0.179. The molecule has 8 aromatic carbocycles. The third-order valence-corrected chi connectivity index (χ3v) is 9.78. The number of hydrogen-bond donors (Lipinski definition) is 0. The van der Waals surface area contributed by atoms with Gasteiger partial charge in [0.2, 0.25) is 5.89 Å². The van der Waals surface area contributed by atoms with E-state index in [9.17, 15) is 0 Å². The smallest absolute Gasteiger partial charge is 0.227 e. The lowest BCUT2D eigenvalue weighted by molar-refractivity contribution is 0.620. The average Bonchev–Trinajstić information content (AvgIpc) is 3.79. The minimum atomic E-state index is 0.628. The molecule has 0 bridgehead atoms. The van der Waals surface area contributed by atoms with Crippen LogP contribution >= 0.6 is 0 Å². The minimum Gasteiger partial charge on any atom is -0.436 e. The zero-order valence-electron chi connectivity index (χ0n) is 27.6. The first-order chi connectivity index (χ1) is 25.3. The Kier molecular flexibility index (Phi) is 6.78. The van der Waals surface area contributed by atoms with Crippen LogP contribution in [0.2, 0.25) is 0 Å². The van der Waals surface area contributed by atoms with Crippen molar-refractivity contribution >= 4 is 60.7 Å². The topological polar surface area (TPSA) is 34.2 Å². The van der Waals surface area contributed by atoms with E-state index in [0.717, 1.165) is 61.3 Å². The Bertz CT molecular complexity index is 2850. The summed E-state index contributed by atoms with van der Waals surface area (Å²) < 4.78 is 8.60. The molecule has 0 fully saturated rings. The van der Waals surface area contributed by atoms with Gasteiger partial charge < -0.3 is 13.9 Å². The van der Waals surface area contributed by atoms with Crippen molar-refractivity contribution in [2.75, 3.05) is 4.90 Å². The van der Waals surface area contributed by atoms with Crippen LogP contribution in [0.25, 0.3) is 71.9 Å². The molecule has 4 heteroatoms. The Morgan fingerprint density at radius 2 is 1.06 bits per heavy atom. The van der Waals surface area contributed by atoms with Crippen LogP contribution in [0.15, 0.2) is 192 Å². The van der Waals surface area contributed by atoms with Crippen LogP contribution in [-0.4, -0.2) is 9.55 Å². The molecule has 2 aromatic heterocycles. The van der Waals surface area contributed by atoms with Crippen LogP contribution in [-0.2, 0) is 0 Å². The fourth-order valence-corrected chi connectivity index (χ4v) is 7.41. The highest BCUT2D eigenvalue weighted by atomic mass is 16.3. The molecule has 0 aliphatic heterocycles. The Morgan fingerprint density at radius 3 is 1.86 bits per heavy atom. The largest absolute Gasteiger partial charge is 0.436 e. The van der Waals surface area contributed by atoms with Crippen molar-refractivity contribution in [1.29, 1.82) is 0 Å². The highest BCUT2D eigenvalue weighted by Crippen LogP contribution is 2.42. The van der Waals surface area contributed by atoms with Crippen molar-refractivity contribution < 1.29 is 4.42 Å². The van der Waals surface area contributed by atoms with E-state index in [0.29, 0.717) is 5.89 Å². The van der Waals surface area contributed by atoms with Crippen molar-refractivity contribution in [3.8, 4) is 28.3 Å². The Hall–Kier alpha value is -6.91. The molecule has 4 nitrogen and oxygen atoms in total. The van der Waals surface area contributed by atoms with Crippen molar-refractivity contribution in [3.63, 3.8) is 0 Å². The highest BCUT2D eigenvalue weighted by molar-refractivity contribution is 6.11. The number of nitrogens with zero attached hydrogens (tertiary/aromatic N) is 3. The molecular formula is C47H31N3O. The van der Waals surface area contributed by atoms with Gasteiger partial charge in [0.25, 0.3) is 0 Å². The van der Waals surface area contributed by atoms with Gasteiger partial charge in [-0.3, -0.25) is 0 Å². The summed E-state index contributed by atoms with van der Waals surface area (Å²) >= 11 is 0. The van der Waals surface area contributed by atoms with E-state index >= 15 is 0 Å². The molecular weight excluding hydrogens is 623 g/mol. The normalized spacial score (nSPS) is 11.5. The summed E-state index contributed by atoms with van der Waals surface area (Å²) in [6.45, 7) is 0. The number of aromatic nitrogens is 2. The summed E-state index contributed by atoms with van der Waals surface area (Å²) in [6.07, 6.45) is 0. The minimum absolute atomic E-state index is 0.628. The van der Waals surface area contributed by atoms with Crippen LogP contribution in [0, 0.1) is 0 Å². The van der Waals surface area contributed by atoms with Gasteiger partial charge in [-0.2, -0.15) is 0 Å². The van der Waals surface area contributed by atoms with Crippen molar-refractivity contribution in [3.05, 3.63) is 188 Å². The maximum Gasteiger partial charge on any atom is 0.227 e. The van der Waals surface area contributed by atoms with Gasteiger partial charge in [0, 0.05) is 44.5 Å². The molecule has 10 aromatic rings. The zero-order chi connectivity index (χ0) is 33.7. The van der Waals surface area contributed by atoms with E-state index in [1.807, 2.05) is 36.4 Å². The lowest BCUT2D eigenvalue weighted by Crippen LogP contribution is -2.10. The van der Waals surface area contributed by atoms with E-state index in [-0.39, 0.29) is 0 Å². The summed E-state index contributed by atoms with van der Waals surface area (Å²) in [4.78, 5) is 7.32. The fraction of sp³-hybridized carbons (Fsp3) is 0. The number of benzene rings is 8. The van der Waals surface area contributed by atoms with Gasteiger partial charge in [0.1, 0.15) is 5.52 Å². The monoisotopic (exact) mass is 653 g/mol. The molecule has 0 radical (unpaired) electrons. The van der Waals surface area contributed by atoms with E-state index in [4.69, 9.17) is 9.40 Å². The van der Waals surface area contributed by atoms with E-state index in [1.54, 1.807) is 0 Å². The Balaban J connectivity index is 1.18. The predicted octanol–water partition coefficient (Wildman–Crippen LogP) is 12.9. The molecule has 51 heavy (non-hydrogen) atoms. The first-order valence-corrected chi connectivity index (χ1v) is 17.2. The van der Waals surface area contributed by atoms with Crippen LogP contribution in [0.5, 0.6) is 0 Å². The molecule has 0 saturated heterocycles. The number of hydrogen-bond acceptors (Lipinski definition) is 3. The third kappa shape index (κ3) is 4.96. The lowest BCUT2D eigenvalue weighted by Gasteiger charge is -2.26. The second-order valence-corrected chi connectivity index (χ2v) is 12.8. The van der Waals surface area contributed by atoms with Crippen LogP contribution in [0.4, 0.5) is 17.1 Å². The molecule has 10 rings (SSSR count). The molecule has 2 heterocycles. The molecule has 0 aliphatic rings. The van der Waals surface area contributed by atoms with Gasteiger partial charge in [-0.1, -0.05) is 109 Å². The first-order valence-electron chi connectivity index (χ1n) is 17.2. The van der Waals surface area contributed by atoms with Crippen LogP contribution < -0.4 is 4.90 Å². The summed E-state index contributed by atoms with van der Waals surface area (Å²) in [6, 6.07) is 66.4. The summed E-state index contributed by atoms with van der Waals surface area (Å²) in [5, 5.41) is 4.60. The molecule has 0 spiro atoms. The fourth-order valence-electron chi connectivity index (χ4n) is 7.41. The summed E-state index contributed by atoms with van der Waals surface area (Å²) in [7, 11) is 0. The molecule has 0 saturated carbocycles. The number of rotatable bonds is 6. The first kappa shape index (κ1) is 29.0. The maximum atomic E-state index is 6.22. The van der Waals surface area contributed by atoms with Crippen molar-refractivity contribution in [2.24, 2.45) is 0 Å². The van der Waals surface area contributed by atoms with Crippen LogP contribution in [0.1, 0.15) is 0 Å². The van der Waals surface area contributed by atoms with Gasteiger partial charge >= 0.3 is 0 Å². The molecule has 0 unspecified atom stereocenters. The second-order valence-electron chi connectivity index (χ2n) is 12.8. The molecule has 240 valence electrons. The van der Waals surface area contributed by atoms with E-state index in [1.165, 1.54) is 21.9 Å². The Morgan fingerprint density at radius 1 is 0.431 bits per heavy atom. The maximum absolute atomic E-state index is 6.22. The van der Waals surface area contributed by atoms with Gasteiger partial charge in [0.05, 0.1) is 11.0 Å². The number of para-hydroxylation sites is 2. The van der Waals surface area contributed by atoms with Gasteiger partial charge in [-0.15, -0.1) is 0 Å². The molecule has 0 aliphatic carbocycles. The van der Waals surface area contributed by atoms with Crippen molar-refractivity contribution in [2.45, 2.75) is 0 Å². The molecule has 0 amide bonds. The number of anilines is 3. The average molecular weight is 654 g/mol. The van der Waals surface area contributed by atoms with Gasteiger partial charge in [0.15, 0.2) is 5.58 Å². The third-order valence-electron chi connectivity index (χ3n) is 9.78. The van der Waals surface area contributed by atoms with Crippen molar-refractivity contribution in [1.82, 2.24) is 9.55 Å². The second kappa shape index (κ2) is 11.9. The highest BCUT2D eigenvalue weighted by Gasteiger charge is 2.19. The lowest BCUT2D eigenvalue weighted by atomic mass is 10.0. The summed E-state index contributed by atoms with van der Waals surface area (Å²) in [5.41, 5.74) is 11.6. The standard InChI is InChI=1S/C47H31N3O/c1-4-13-32(14-5-1)34-17-12-20-37(29-34)49(38-24-26-40-35(30-38)23-28-45-46(40)48-47(51-45)33-15-6-2-7-16-33)39-25-27-42-41-21-10-11-22-43(41)50(44(42)31-39)36-18-8-3-9-19-36/h1-31H. The molecule has 0 N–H and O–H groups in total. The van der Waals surface area contributed by atoms with E-state index in [2.05, 4.69) is 161 Å². The van der Waals surface area contributed by atoms with Gasteiger partial charge in [-0.05, 0) is 95.4 Å². The van der Waals surface area contributed by atoms with E-state index < -0.39 is 0 Å². The number of oxazole rings is 1. The van der Waals surface area contributed by atoms with Crippen LogP contribution in [0.3, 0.4) is 0 Å². The Labute approximate surface area is 295 Å². The summed E-state index contributed by atoms with van der Waals surface area (Å²) in [5.74, 6) is 0.628. The predicted molar refractivity (Wildman–Crippen MR) is 211 cm³/mol. The number of fused-ring (bicyclic) bond motifs is 6. The SMILES string of the molecule is c1ccc(-c2cccc(N(c3ccc4c(ccc5oc(-c6ccccc6)nc54)c3)c3ccc4c5ccccc5n(-c5ccccc5)c4c3)c2)cc1. The molecule has 0 atom stereocenters. The zero-order valence-corrected chi connectivity index (χ0v) is 27.6.